The first-order valence-electron chi connectivity index (χ1n) is 3.56. The number of carbonyl (C=O) groups is 1. The third kappa shape index (κ3) is 3.93. The Morgan fingerprint density at radius 3 is 2.14 bits per heavy atom. The first kappa shape index (κ1) is 13.2. The van der Waals surface area contributed by atoms with Crippen molar-refractivity contribution in [2.24, 2.45) is 0 Å². The van der Waals surface area contributed by atoms with Crippen LogP contribution in [0.2, 0.25) is 0 Å². The lowest BCUT2D eigenvalue weighted by molar-refractivity contribution is 0.112. The highest BCUT2D eigenvalue weighted by molar-refractivity contribution is 9.10. The number of halogens is 3. The Morgan fingerprint density at radius 2 is 1.71 bits per heavy atom. The number of ether oxygens (including phenoxy) is 1. The van der Waals surface area contributed by atoms with E-state index in [0.29, 0.717) is 6.29 Å². The van der Waals surface area contributed by atoms with Crippen molar-refractivity contribution in [3.63, 3.8) is 0 Å². The molecule has 78 valence electrons. The Morgan fingerprint density at radius 1 is 1.29 bits per heavy atom. The highest BCUT2D eigenvalue weighted by Gasteiger charge is 2.06. The molecule has 0 radical (unpaired) electrons. The normalized spacial score (nSPS) is 8.93. The summed E-state index contributed by atoms with van der Waals surface area (Å²) < 4.78 is 29.3. The summed E-state index contributed by atoms with van der Waals surface area (Å²) in [5.41, 5.74) is 0.101. The van der Waals surface area contributed by atoms with Gasteiger partial charge in [-0.3, -0.25) is 4.79 Å². The van der Waals surface area contributed by atoms with Crippen molar-refractivity contribution in [2.75, 3.05) is 14.2 Å². The molecule has 0 saturated heterocycles. The van der Waals surface area contributed by atoms with E-state index in [1.807, 2.05) is 0 Å². The predicted octanol–water partition coefficient (Wildman–Crippen LogP) is 2.80. The summed E-state index contributed by atoms with van der Waals surface area (Å²) >= 11 is 2.90. The summed E-state index contributed by atoms with van der Waals surface area (Å²) in [6, 6.07) is 1.76. The zero-order valence-corrected chi connectivity index (χ0v) is 9.27. The quantitative estimate of drug-likeness (QED) is 0.577. The Hall–Kier alpha value is -0.810. The van der Waals surface area contributed by atoms with Crippen molar-refractivity contribution in [3.05, 3.63) is 33.8 Å². The van der Waals surface area contributed by atoms with Crippen molar-refractivity contribution < 1.29 is 18.3 Å². The lowest BCUT2D eigenvalue weighted by atomic mass is 10.2. The van der Waals surface area contributed by atoms with E-state index >= 15 is 0 Å². The minimum absolute atomic E-state index is 0.101. The maximum absolute atomic E-state index is 12.4. The summed E-state index contributed by atoms with van der Waals surface area (Å²) in [5.74, 6) is -1.99. The molecule has 0 N–H and O–H groups in total. The number of rotatable bonds is 1. The summed E-state index contributed by atoms with van der Waals surface area (Å²) in [4.78, 5) is 10.2. The van der Waals surface area contributed by atoms with E-state index in [0.717, 1.165) is 12.1 Å². The zero-order valence-electron chi connectivity index (χ0n) is 7.68. The van der Waals surface area contributed by atoms with Gasteiger partial charge in [0.1, 0.15) is 0 Å². The van der Waals surface area contributed by atoms with Crippen molar-refractivity contribution in [2.45, 2.75) is 0 Å². The van der Waals surface area contributed by atoms with Crippen molar-refractivity contribution in [3.8, 4) is 0 Å². The second kappa shape index (κ2) is 6.62. The van der Waals surface area contributed by atoms with Crippen LogP contribution in [0.1, 0.15) is 10.4 Å². The van der Waals surface area contributed by atoms with Crippen LogP contribution in [0, 0.1) is 11.6 Å². The molecule has 0 fully saturated rings. The van der Waals surface area contributed by atoms with Gasteiger partial charge in [-0.2, -0.15) is 0 Å². The Balaban J connectivity index is 0.000000500. The van der Waals surface area contributed by atoms with Crippen molar-refractivity contribution in [1.82, 2.24) is 0 Å². The highest BCUT2D eigenvalue weighted by Crippen LogP contribution is 2.18. The molecule has 0 aliphatic heterocycles. The molecule has 14 heavy (non-hydrogen) atoms. The van der Waals surface area contributed by atoms with Crippen LogP contribution in [-0.2, 0) is 4.74 Å². The third-order valence-electron chi connectivity index (χ3n) is 1.17. The van der Waals surface area contributed by atoms with E-state index in [4.69, 9.17) is 0 Å². The molecular formula is C9H9BrF2O2. The molecule has 0 aliphatic carbocycles. The lowest BCUT2D eigenvalue weighted by Crippen LogP contribution is -1.89. The molecule has 1 rings (SSSR count). The van der Waals surface area contributed by atoms with Gasteiger partial charge < -0.3 is 4.74 Å². The van der Waals surface area contributed by atoms with E-state index < -0.39 is 11.6 Å². The summed E-state index contributed by atoms with van der Waals surface area (Å²) in [6.07, 6.45) is 0.451. The minimum Gasteiger partial charge on any atom is -0.388 e. The number of hydrogen-bond donors (Lipinski definition) is 0. The van der Waals surface area contributed by atoms with Gasteiger partial charge in [-0.25, -0.2) is 8.78 Å². The number of benzene rings is 1. The van der Waals surface area contributed by atoms with E-state index in [1.165, 1.54) is 0 Å². The zero-order chi connectivity index (χ0) is 11.1. The van der Waals surface area contributed by atoms with Crippen LogP contribution in [-0.4, -0.2) is 20.5 Å². The fraction of sp³-hybridized carbons (Fsp3) is 0.222. The standard InChI is InChI=1S/C7H3BrF2O.C2H6O/c8-5-2-7(10)6(9)1-4(5)3-11;1-3-2/h1-3H;1-2H3. The molecular weight excluding hydrogens is 258 g/mol. The number of methoxy groups -OCH3 is 1. The monoisotopic (exact) mass is 266 g/mol. The maximum atomic E-state index is 12.4. The van der Waals surface area contributed by atoms with E-state index in [9.17, 15) is 13.6 Å². The third-order valence-corrected chi connectivity index (χ3v) is 1.85. The van der Waals surface area contributed by atoms with Gasteiger partial charge in [-0.05, 0) is 28.1 Å². The highest BCUT2D eigenvalue weighted by atomic mass is 79.9. The van der Waals surface area contributed by atoms with Gasteiger partial charge in [-0.1, -0.05) is 0 Å². The molecule has 0 unspecified atom stereocenters. The molecule has 0 aliphatic rings. The Bertz CT molecular complexity index is 316. The molecule has 0 bridgehead atoms. The summed E-state index contributed by atoms with van der Waals surface area (Å²) in [5, 5.41) is 0. The molecule has 5 heteroatoms. The van der Waals surface area contributed by atoms with Gasteiger partial charge in [-0.15, -0.1) is 0 Å². The maximum Gasteiger partial charge on any atom is 0.159 e. The SMILES string of the molecule is COC.O=Cc1cc(F)c(F)cc1Br. The molecule has 0 amide bonds. The first-order valence-corrected chi connectivity index (χ1v) is 4.36. The Kier molecular flexibility index (Phi) is 6.23. The number of carbonyl (C=O) groups excluding carboxylic acids is 1. The topological polar surface area (TPSA) is 26.3 Å². The Labute approximate surface area is 89.0 Å². The average molecular weight is 267 g/mol. The van der Waals surface area contributed by atoms with Gasteiger partial charge in [0.15, 0.2) is 17.9 Å². The van der Waals surface area contributed by atoms with Gasteiger partial charge in [0, 0.05) is 24.3 Å². The smallest absolute Gasteiger partial charge is 0.159 e. The second-order valence-corrected chi connectivity index (χ2v) is 3.17. The van der Waals surface area contributed by atoms with E-state index in [1.54, 1.807) is 14.2 Å². The molecule has 0 saturated carbocycles. The van der Waals surface area contributed by atoms with Crippen molar-refractivity contribution in [1.29, 1.82) is 0 Å². The van der Waals surface area contributed by atoms with Crippen LogP contribution in [0.4, 0.5) is 8.78 Å². The minimum atomic E-state index is -1.02. The van der Waals surface area contributed by atoms with Crippen LogP contribution in [0.5, 0.6) is 0 Å². The lowest BCUT2D eigenvalue weighted by Gasteiger charge is -1.96. The number of aldehydes is 1. The van der Waals surface area contributed by atoms with Gasteiger partial charge in [0.25, 0.3) is 0 Å². The first-order chi connectivity index (χ1) is 6.56. The predicted molar refractivity (Wildman–Crippen MR) is 52.4 cm³/mol. The van der Waals surface area contributed by atoms with Crippen LogP contribution in [0.3, 0.4) is 0 Å². The molecule has 1 aromatic rings. The molecule has 1 aromatic carbocycles. The molecule has 0 spiro atoms. The van der Waals surface area contributed by atoms with Gasteiger partial charge >= 0.3 is 0 Å². The van der Waals surface area contributed by atoms with Crippen LogP contribution in [0.15, 0.2) is 16.6 Å². The molecule has 0 aromatic heterocycles. The fourth-order valence-electron chi connectivity index (χ4n) is 0.628. The van der Waals surface area contributed by atoms with Crippen LogP contribution in [0.25, 0.3) is 0 Å². The van der Waals surface area contributed by atoms with Crippen LogP contribution < -0.4 is 0 Å². The fourth-order valence-corrected chi connectivity index (χ4v) is 1.04. The number of hydrogen-bond acceptors (Lipinski definition) is 2. The summed E-state index contributed by atoms with van der Waals surface area (Å²) in [7, 11) is 3.25. The molecule has 0 atom stereocenters. The van der Waals surface area contributed by atoms with Gasteiger partial charge in [0.05, 0.1) is 0 Å². The molecule has 2 nitrogen and oxygen atoms in total. The largest absolute Gasteiger partial charge is 0.388 e. The van der Waals surface area contributed by atoms with E-state index in [2.05, 4.69) is 20.7 Å². The second-order valence-electron chi connectivity index (χ2n) is 2.31. The van der Waals surface area contributed by atoms with E-state index in [-0.39, 0.29) is 10.0 Å². The summed E-state index contributed by atoms with van der Waals surface area (Å²) in [6.45, 7) is 0. The molecule has 0 heterocycles. The van der Waals surface area contributed by atoms with Crippen LogP contribution >= 0.6 is 15.9 Å². The average Bonchev–Trinajstić information content (AvgIpc) is 2.12. The van der Waals surface area contributed by atoms with Gasteiger partial charge in [0.2, 0.25) is 0 Å². The van der Waals surface area contributed by atoms with Crippen molar-refractivity contribution >= 4 is 22.2 Å².